The summed E-state index contributed by atoms with van der Waals surface area (Å²) in [7, 11) is 0. The number of carboxylic acid groups (broad SMARTS) is 3. The van der Waals surface area contributed by atoms with Gasteiger partial charge in [-0.15, -0.1) is 0 Å². The van der Waals surface area contributed by atoms with E-state index in [-0.39, 0.29) is 110 Å². The van der Waals surface area contributed by atoms with Gasteiger partial charge in [0.1, 0.15) is 43.3 Å². The summed E-state index contributed by atoms with van der Waals surface area (Å²) in [6, 6.07) is 29.8. The van der Waals surface area contributed by atoms with Crippen LogP contribution in [0.25, 0.3) is 0 Å². The van der Waals surface area contributed by atoms with Gasteiger partial charge in [-0.25, -0.2) is 49.2 Å². The number of halogens is 2. The molecule has 2 aromatic heterocycles. The van der Waals surface area contributed by atoms with E-state index in [0.29, 0.717) is 5.01 Å². The number of amides is 10. The van der Waals surface area contributed by atoms with Gasteiger partial charge in [0.15, 0.2) is 56.1 Å². The van der Waals surface area contributed by atoms with Gasteiger partial charge in [0.2, 0.25) is 11.2 Å². The fourth-order valence-electron chi connectivity index (χ4n) is 13.2. The van der Waals surface area contributed by atoms with Crippen LogP contribution in [-0.2, 0) is 67.9 Å². The summed E-state index contributed by atoms with van der Waals surface area (Å²) >= 11 is 14.9. The quantitative estimate of drug-likeness (QED) is 0.00875. The average Bonchev–Trinajstić information content (AvgIpc) is 1.74. The number of aromatic nitrogens is 2. The number of hydrazine groups is 2. The van der Waals surface area contributed by atoms with Crippen molar-refractivity contribution in [3.8, 4) is 23.0 Å². The summed E-state index contributed by atoms with van der Waals surface area (Å²) < 4.78 is 5.40. The number of anilines is 2. The number of thiazole rings is 2. The number of nitrogens with zero attached hydrogens (tertiary/aromatic N) is 10. The van der Waals surface area contributed by atoms with Crippen molar-refractivity contribution in [1.29, 1.82) is 0 Å². The second-order valence-corrected chi connectivity index (χ2v) is 32.5. The largest absolute Gasteiger partial charge is 0.504 e. The summed E-state index contributed by atoms with van der Waals surface area (Å²) in [4.78, 5) is 204. The second kappa shape index (κ2) is 33.8. The molecule has 0 radical (unpaired) electrons. The van der Waals surface area contributed by atoms with Crippen LogP contribution >= 0.6 is 45.9 Å². The predicted octanol–water partition coefficient (Wildman–Crippen LogP) is 3.44. The number of nitrogen functional groups attached to an aromatic ring is 1. The first-order valence-electron chi connectivity index (χ1n) is 36.2. The maximum absolute atomic E-state index is 14.5. The van der Waals surface area contributed by atoms with E-state index in [1.807, 2.05) is 91.0 Å². The number of imide groups is 2. The molecule has 121 heavy (non-hydrogen) atoms. The van der Waals surface area contributed by atoms with E-state index in [2.05, 4.69) is 41.9 Å². The van der Waals surface area contributed by atoms with Crippen molar-refractivity contribution < 1.29 is 117 Å². The average molecular weight is 1740 g/mol. The molecule has 0 spiro atoms. The van der Waals surface area contributed by atoms with Gasteiger partial charge >= 0.3 is 23.9 Å². The highest BCUT2D eigenvalue weighted by Gasteiger charge is 2.53. The molecular weight excluding hydrogens is 1670 g/mol. The van der Waals surface area contributed by atoms with Crippen LogP contribution in [0, 0.1) is 0 Å². The molecule has 0 unspecified atom stereocenters. The lowest BCUT2D eigenvalue weighted by atomic mass is 9.77. The molecular formula is C77H72Cl2N16O24S2. The van der Waals surface area contributed by atoms with Crippen molar-refractivity contribution in [1.82, 2.24) is 61.1 Å². The monoisotopic (exact) mass is 1740 g/mol. The van der Waals surface area contributed by atoms with E-state index >= 15 is 0 Å². The van der Waals surface area contributed by atoms with E-state index in [4.69, 9.17) is 48.3 Å². The van der Waals surface area contributed by atoms with Crippen LogP contribution in [-0.4, -0.2) is 251 Å². The number of carboxylic acids is 3. The molecule has 5 aromatic carbocycles. The van der Waals surface area contributed by atoms with E-state index in [1.54, 1.807) is 20.8 Å². The number of carbonyl (C=O) groups is 14. The number of nitrogens with one attached hydrogen (secondary N) is 5. The number of esters is 1. The number of phenols is 4. The zero-order chi connectivity index (χ0) is 88.0. The molecule has 630 valence electrons. The number of rotatable bonds is 27. The van der Waals surface area contributed by atoms with Crippen LogP contribution in [0.5, 0.6) is 23.0 Å². The molecule has 14 N–H and O–H groups in total. The van der Waals surface area contributed by atoms with Crippen molar-refractivity contribution in [2.24, 2.45) is 10.3 Å². The summed E-state index contributed by atoms with van der Waals surface area (Å²) in [5, 5.41) is 93.9. The van der Waals surface area contributed by atoms with Crippen molar-refractivity contribution in [3.63, 3.8) is 0 Å². The molecule has 13 rings (SSSR count). The van der Waals surface area contributed by atoms with E-state index in [1.165, 1.54) is 23.9 Å². The smallest absolute Gasteiger partial charge is 0.354 e. The number of hydrogen-bond acceptors (Lipinski definition) is 31. The van der Waals surface area contributed by atoms with Crippen LogP contribution in [0.4, 0.5) is 10.3 Å². The number of aliphatic carboxylic acids is 3. The highest BCUT2D eigenvalue weighted by molar-refractivity contribution is 7.20. The van der Waals surface area contributed by atoms with Crippen LogP contribution in [0.2, 0.25) is 8.67 Å². The minimum absolute atomic E-state index is 0.0383. The second-order valence-electron chi connectivity index (χ2n) is 29.3. The van der Waals surface area contributed by atoms with Crippen molar-refractivity contribution >= 4 is 151 Å². The van der Waals surface area contributed by atoms with Crippen molar-refractivity contribution in [3.05, 3.63) is 197 Å². The maximum atomic E-state index is 14.5. The standard InChI is InChI=1S/C50H47ClN8O12S.C27H25ClN8O12S/c1-48(2,3)70-46(69)49(4,5)71-56-37(36-39(51)72-47(54-36)55-50(27-15-9-6-10-16-27,28-17-11-7-12-18-28)29-19-13-8-14-20-29)41(63)53-33-26-57-25-32(38(45(67)68)59(57)44(33)66)40(62)52-21-22-58-42(64)30-23-34(60)35(61)24-31(30)43(58)65;1-27(2,25(46)47)48-33-16(15-18(28)49-26(29)32-15)20(40)31-12-8-34-7-11(17(24(44)45)36(34)23(12)43)19(39)30-3-4-35-21(41)9-5-13(37)14(38)6-10(9)22(35)42/h6-20,23-24,33,60-61H,21-22,25-26H2,1-5H3,(H,52,62)(H,53,63)(H,54,55)(H,67,68);5-6,12,37-38H,3-4,7-8H2,1-2H3,(H2,29,32)(H,30,39)(H,31,40)(H,44,45)(H,46,47)/b56-37-;33-16-/t33-;12-/m00/s1. The van der Waals surface area contributed by atoms with Crippen molar-refractivity contribution in [2.75, 3.05) is 63.4 Å². The Morgan fingerprint density at radius 3 is 1.22 bits per heavy atom. The summed E-state index contributed by atoms with van der Waals surface area (Å²) in [5.41, 5.74) is -1.81. The van der Waals surface area contributed by atoms with Crippen LogP contribution < -0.4 is 32.3 Å². The highest BCUT2D eigenvalue weighted by Crippen LogP contribution is 2.44. The molecule has 2 fully saturated rings. The first-order chi connectivity index (χ1) is 57.0. The Bertz CT molecular complexity index is 5500. The Kier molecular flexibility index (Phi) is 24.1. The molecule has 10 amide bonds. The Balaban J connectivity index is 0.000000238. The molecule has 0 aliphatic carbocycles. The topological polar surface area (TPSA) is 564 Å². The molecule has 2 atom stereocenters. The van der Waals surface area contributed by atoms with Gasteiger partial charge in [-0.1, -0.05) is 147 Å². The molecule has 2 saturated heterocycles. The minimum Gasteiger partial charge on any atom is -0.504 e. The van der Waals surface area contributed by atoms with Gasteiger partial charge in [-0.05, 0) is 89.4 Å². The molecule has 8 heterocycles. The fourth-order valence-corrected chi connectivity index (χ4v) is 15.3. The Morgan fingerprint density at radius 1 is 0.529 bits per heavy atom. The number of benzene rings is 5. The number of oxime groups is 2. The molecule has 0 saturated carbocycles. The molecule has 6 aliphatic heterocycles. The third kappa shape index (κ3) is 17.2. The van der Waals surface area contributed by atoms with Gasteiger partial charge in [-0.2, -0.15) is 0 Å². The SMILES string of the molecule is CC(C)(C)OC(=O)C(C)(C)O/N=C(\C(=O)N[C@H]1CN2CC(C(=O)NCCN3C(=O)c4cc(O)c(O)cc4C3=O)=C(C(=O)O)N2C1=O)c1nc(NC(c2ccccc2)(c2ccccc2)c2ccccc2)sc1Cl.CC(C)(O/N=C(\C(=O)N[C@H]1CN2CC(C(=O)NCCN3C(=O)c4cc(O)c(O)cc4C3=O)=C(C(=O)O)N2C1=O)c1nc(N)sc1Cl)C(=O)O. The zero-order valence-corrected chi connectivity index (χ0v) is 67.6. The van der Waals surface area contributed by atoms with E-state index in [9.17, 15) is 103 Å². The number of ether oxygens (including phenoxy) is 1. The summed E-state index contributed by atoms with van der Waals surface area (Å²) in [6.45, 7) is 7.29. The zero-order valence-electron chi connectivity index (χ0n) is 64.5. The summed E-state index contributed by atoms with van der Waals surface area (Å²) in [6.07, 6.45) is 0. The minimum atomic E-state index is -1.90. The first-order valence-corrected chi connectivity index (χ1v) is 38.6. The molecule has 6 aliphatic rings. The van der Waals surface area contributed by atoms with Gasteiger partial charge in [0.25, 0.3) is 59.1 Å². The Morgan fingerprint density at radius 2 is 0.884 bits per heavy atom. The Hall–Kier alpha value is -13.9. The third-order valence-electron chi connectivity index (χ3n) is 19.1. The van der Waals surface area contributed by atoms with Gasteiger partial charge in [0.05, 0.1) is 46.5 Å². The number of phenolic OH excluding ortho intramolecular Hbond substituents is 4. The normalized spacial score (nSPS) is 16.8. The number of aromatic hydroxyl groups is 4. The van der Waals surface area contributed by atoms with Crippen LogP contribution in [0.15, 0.2) is 148 Å². The predicted molar refractivity (Wildman–Crippen MR) is 425 cm³/mol. The fraction of sp³-hybridized carbons (Fsp3) is 0.273. The van der Waals surface area contributed by atoms with Crippen LogP contribution in [0.3, 0.4) is 0 Å². The lowest BCUT2D eigenvalue weighted by Crippen LogP contribution is -2.46. The van der Waals surface area contributed by atoms with Crippen molar-refractivity contribution in [2.45, 2.75) is 82.9 Å². The molecule has 44 heteroatoms. The van der Waals surface area contributed by atoms with Gasteiger partial charge in [-0.3, -0.25) is 57.7 Å². The highest BCUT2D eigenvalue weighted by atomic mass is 35.5. The Labute approximate surface area is 701 Å². The van der Waals surface area contributed by atoms with E-state index in [0.717, 1.165) is 92.3 Å². The molecule has 7 aromatic rings. The number of carbonyl (C=O) groups excluding carboxylic acids is 11. The molecule has 0 bridgehead atoms. The van der Waals surface area contributed by atoms with Crippen LogP contribution in [0.1, 0.15) is 118 Å². The lowest BCUT2D eigenvalue weighted by molar-refractivity contribution is -0.179. The third-order valence-corrected chi connectivity index (χ3v) is 21.4. The van der Waals surface area contributed by atoms with E-state index < -0.39 is 170 Å². The lowest BCUT2D eigenvalue weighted by Gasteiger charge is -2.36. The summed E-state index contributed by atoms with van der Waals surface area (Å²) in [5.74, 6) is -16.9. The number of hydrogen-bond donors (Lipinski definition) is 13. The molecule has 40 nitrogen and oxygen atoms in total. The first kappa shape index (κ1) is 86.4. The number of nitrogens with two attached hydrogens (primary N) is 1. The van der Waals surface area contributed by atoms with Gasteiger partial charge < -0.3 is 82.5 Å². The maximum Gasteiger partial charge on any atom is 0.354 e. The van der Waals surface area contributed by atoms with Gasteiger partial charge in [0, 0.05) is 39.3 Å². The number of fused-ring (bicyclic) bond motifs is 4.